The average molecular weight is 356 g/mol. The zero-order valence-electron chi connectivity index (χ0n) is 17.3. The SMILES string of the molecule is CCc1cccc(CC)c1NC(=O)/C(C#N)=C\NC(C)(C)CC(C)(C)C. The number of carbonyl (C=O) groups excluding carboxylic acids is 1. The third kappa shape index (κ3) is 6.55. The van der Waals surface area contributed by atoms with Crippen LogP contribution in [-0.2, 0) is 17.6 Å². The molecule has 26 heavy (non-hydrogen) atoms. The molecule has 0 aromatic heterocycles. The number of anilines is 1. The van der Waals surface area contributed by atoms with E-state index in [1.54, 1.807) is 6.20 Å². The molecule has 142 valence electrons. The highest BCUT2D eigenvalue weighted by atomic mass is 16.1. The normalized spacial score (nSPS) is 12.5. The molecule has 4 heteroatoms. The van der Waals surface area contributed by atoms with Gasteiger partial charge in [0.25, 0.3) is 5.91 Å². The standard InChI is InChI=1S/C22H33N3O/c1-8-16-11-10-12-17(9-2)19(16)25-20(26)18(13-23)14-24-22(6,7)15-21(3,4)5/h10-12,14,24H,8-9,15H2,1-7H3,(H,25,26)/b18-14-. The molecule has 0 heterocycles. The Morgan fingerprint density at radius 1 is 1.12 bits per heavy atom. The number of carbonyl (C=O) groups is 1. The van der Waals surface area contributed by atoms with Gasteiger partial charge in [-0.3, -0.25) is 4.79 Å². The molecule has 1 aromatic carbocycles. The van der Waals surface area contributed by atoms with Gasteiger partial charge >= 0.3 is 0 Å². The molecule has 0 unspecified atom stereocenters. The van der Waals surface area contributed by atoms with Crippen molar-refractivity contribution in [3.63, 3.8) is 0 Å². The Hall–Kier alpha value is -2.28. The van der Waals surface area contributed by atoms with Crippen molar-refractivity contribution < 1.29 is 4.79 Å². The van der Waals surface area contributed by atoms with Crippen molar-refractivity contribution in [2.75, 3.05) is 5.32 Å². The lowest BCUT2D eigenvalue weighted by molar-refractivity contribution is -0.112. The van der Waals surface area contributed by atoms with Crippen molar-refractivity contribution >= 4 is 11.6 Å². The Morgan fingerprint density at radius 3 is 2.08 bits per heavy atom. The summed E-state index contributed by atoms with van der Waals surface area (Å²) < 4.78 is 0. The van der Waals surface area contributed by atoms with Gasteiger partial charge in [-0.05, 0) is 49.7 Å². The summed E-state index contributed by atoms with van der Waals surface area (Å²) in [4.78, 5) is 12.6. The number of aryl methyl sites for hydroxylation is 2. The van der Waals surface area contributed by atoms with Gasteiger partial charge in [0.2, 0.25) is 0 Å². The zero-order valence-corrected chi connectivity index (χ0v) is 17.3. The van der Waals surface area contributed by atoms with Crippen LogP contribution >= 0.6 is 0 Å². The fourth-order valence-electron chi connectivity index (χ4n) is 3.38. The van der Waals surface area contributed by atoms with Crippen molar-refractivity contribution in [2.24, 2.45) is 5.41 Å². The molecule has 2 N–H and O–H groups in total. The highest BCUT2D eigenvalue weighted by Crippen LogP contribution is 2.27. The average Bonchev–Trinajstić information content (AvgIpc) is 2.53. The maximum atomic E-state index is 12.6. The summed E-state index contributed by atoms with van der Waals surface area (Å²) in [7, 11) is 0. The van der Waals surface area contributed by atoms with Gasteiger partial charge < -0.3 is 10.6 Å². The summed E-state index contributed by atoms with van der Waals surface area (Å²) >= 11 is 0. The second-order valence-corrected chi connectivity index (χ2v) is 8.55. The molecule has 0 fully saturated rings. The van der Waals surface area contributed by atoms with Gasteiger partial charge in [-0.15, -0.1) is 0 Å². The largest absolute Gasteiger partial charge is 0.385 e. The van der Waals surface area contributed by atoms with E-state index >= 15 is 0 Å². The minimum absolute atomic E-state index is 0.0833. The van der Waals surface area contributed by atoms with Gasteiger partial charge in [-0.2, -0.15) is 5.26 Å². The number of nitrogens with zero attached hydrogens (tertiary/aromatic N) is 1. The predicted octanol–water partition coefficient (Wildman–Crippen LogP) is 4.96. The van der Waals surface area contributed by atoms with E-state index in [2.05, 4.69) is 59.1 Å². The molecule has 1 amide bonds. The van der Waals surface area contributed by atoms with Crippen LogP contribution in [-0.4, -0.2) is 11.4 Å². The smallest absolute Gasteiger partial charge is 0.267 e. The number of hydrogen-bond donors (Lipinski definition) is 2. The van der Waals surface area contributed by atoms with Crippen LogP contribution in [0.3, 0.4) is 0 Å². The number of para-hydroxylation sites is 1. The molecule has 0 bridgehead atoms. The molecule has 0 saturated carbocycles. The van der Waals surface area contributed by atoms with E-state index in [0.29, 0.717) is 0 Å². The van der Waals surface area contributed by atoms with E-state index in [1.807, 2.05) is 24.3 Å². The second-order valence-electron chi connectivity index (χ2n) is 8.55. The molecular formula is C22H33N3O. The first-order valence-corrected chi connectivity index (χ1v) is 9.33. The first-order valence-electron chi connectivity index (χ1n) is 9.33. The van der Waals surface area contributed by atoms with E-state index in [1.165, 1.54) is 0 Å². The molecule has 0 aliphatic carbocycles. The Labute approximate surface area is 158 Å². The topological polar surface area (TPSA) is 64.9 Å². The van der Waals surface area contributed by atoms with Gasteiger partial charge in [-0.1, -0.05) is 52.8 Å². The number of nitrogens with one attached hydrogen (secondary N) is 2. The quantitative estimate of drug-likeness (QED) is 0.536. The van der Waals surface area contributed by atoms with E-state index in [-0.39, 0.29) is 22.4 Å². The highest BCUT2D eigenvalue weighted by molar-refractivity contribution is 6.07. The zero-order chi connectivity index (χ0) is 20.0. The molecular weight excluding hydrogens is 322 g/mol. The molecule has 0 spiro atoms. The Morgan fingerprint density at radius 2 is 1.65 bits per heavy atom. The summed E-state index contributed by atoms with van der Waals surface area (Å²) in [6, 6.07) is 8.04. The third-order valence-electron chi connectivity index (χ3n) is 4.18. The third-order valence-corrected chi connectivity index (χ3v) is 4.18. The van der Waals surface area contributed by atoms with Crippen molar-refractivity contribution in [2.45, 2.75) is 73.3 Å². The molecule has 1 aromatic rings. The highest BCUT2D eigenvalue weighted by Gasteiger charge is 2.25. The molecule has 0 aliphatic rings. The van der Waals surface area contributed by atoms with Crippen LogP contribution in [0.25, 0.3) is 0 Å². The Bertz CT molecular complexity index is 681. The summed E-state index contributed by atoms with van der Waals surface area (Å²) in [5, 5.41) is 15.6. The van der Waals surface area contributed by atoms with Crippen LogP contribution in [0, 0.1) is 16.7 Å². The minimum atomic E-state index is -0.373. The minimum Gasteiger partial charge on any atom is -0.385 e. The summed E-state index contributed by atoms with van der Waals surface area (Å²) in [5.74, 6) is -0.373. The Balaban J connectivity index is 3.00. The van der Waals surface area contributed by atoms with Crippen LogP contribution in [0.4, 0.5) is 5.69 Å². The van der Waals surface area contributed by atoms with E-state index in [9.17, 15) is 10.1 Å². The number of rotatable bonds is 7. The lowest BCUT2D eigenvalue weighted by Gasteiger charge is -2.33. The fourth-order valence-corrected chi connectivity index (χ4v) is 3.38. The lowest BCUT2D eigenvalue weighted by Crippen LogP contribution is -2.39. The Kier molecular flexibility index (Phi) is 7.44. The summed E-state index contributed by atoms with van der Waals surface area (Å²) in [5.41, 5.74) is 3.01. The second kappa shape index (κ2) is 8.89. The van der Waals surface area contributed by atoms with Gasteiger partial charge in [-0.25, -0.2) is 0 Å². The van der Waals surface area contributed by atoms with Crippen LogP contribution < -0.4 is 10.6 Å². The van der Waals surface area contributed by atoms with E-state index < -0.39 is 0 Å². The first kappa shape index (κ1) is 21.8. The molecule has 0 aliphatic heterocycles. The van der Waals surface area contributed by atoms with E-state index in [0.717, 1.165) is 36.1 Å². The summed E-state index contributed by atoms with van der Waals surface area (Å²) in [6.07, 6.45) is 4.11. The number of benzene rings is 1. The van der Waals surface area contributed by atoms with Gasteiger partial charge in [0.05, 0.1) is 0 Å². The van der Waals surface area contributed by atoms with Crippen molar-refractivity contribution in [1.29, 1.82) is 5.26 Å². The summed E-state index contributed by atoms with van der Waals surface area (Å²) in [6.45, 7) is 14.8. The van der Waals surface area contributed by atoms with Gasteiger partial charge in [0.1, 0.15) is 11.6 Å². The van der Waals surface area contributed by atoms with Crippen LogP contribution in [0.15, 0.2) is 30.0 Å². The maximum Gasteiger partial charge on any atom is 0.267 e. The van der Waals surface area contributed by atoms with Crippen molar-refractivity contribution in [3.8, 4) is 6.07 Å². The van der Waals surface area contributed by atoms with Crippen LogP contribution in [0.2, 0.25) is 0 Å². The monoisotopic (exact) mass is 355 g/mol. The molecule has 0 saturated heterocycles. The van der Waals surface area contributed by atoms with Crippen molar-refractivity contribution in [3.05, 3.63) is 41.1 Å². The molecule has 0 radical (unpaired) electrons. The fraction of sp³-hybridized carbons (Fsp3) is 0.545. The molecule has 0 atom stereocenters. The lowest BCUT2D eigenvalue weighted by atomic mass is 9.82. The number of hydrogen-bond acceptors (Lipinski definition) is 3. The number of amides is 1. The molecule has 4 nitrogen and oxygen atoms in total. The number of nitriles is 1. The van der Waals surface area contributed by atoms with Gasteiger partial charge in [0.15, 0.2) is 0 Å². The van der Waals surface area contributed by atoms with Crippen LogP contribution in [0.1, 0.15) is 66.0 Å². The van der Waals surface area contributed by atoms with Crippen LogP contribution in [0.5, 0.6) is 0 Å². The van der Waals surface area contributed by atoms with E-state index in [4.69, 9.17) is 0 Å². The maximum absolute atomic E-state index is 12.6. The molecule has 1 rings (SSSR count). The van der Waals surface area contributed by atoms with Gasteiger partial charge in [0, 0.05) is 17.4 Å². The first-order chi connectivity index (χ1) is 12.0. The van der Waals surface area contributed by atoms with Crippen molar-refractivity contribution in [1.82, 2.24) is 5.32 Å². The predicted molar refractivity (Wildman–Crippen MR) is 109 cm³/mol.